The number of methoxy groups -OCH3 is 1. The fourth-order valence-corrected chi connectivity index (χ4v) is 2.83. The number of aromatic nitrogens is 1. The zero-order valence-corrected chi connectivity index (χ0v) is 18.1. The van der Waals surface area contributed by atoms with Gasteiger partial charge in [0, 0.05) is 31.0 Å². The van der Waals surface area contributed by atoms with Crippen molar-refractivity contribution in [2.75, 3.05) is 7.11 Å². The van der Waals surface area contributed by atoms with Crippen molar-refractivity contribution in [2.24, 2.45) is 0 Å². The number of benzene rings is 2. The molecule has 0 atom stereocenters. The number of rotatable bonds is 8. The van der Waals surface area contributed by atoms with E-state index in [1.165, 1.54) is 6.07 Å². The van der Waals surface area contributed by atoms with E-state index >= 15 is 0 Å². The molecule has 8 heteroatoms. The normalized spacial score (nSPS) is 9.90. The van der Waals surface area contributed by atoms with Crippen molar-refractivity contribution in [3.05, 3.63) is 88.5 Å². The zero-order valence-electron chi connectivity index (χ0n) is 15.7. The Bertz CT molecular complexity index is 878. The summed E-state index contributed by atoms with van der Waals surface area (Å²) in [4.78, 5) is 4.09. The van der Waals surface area contributed by atoms with Gasteiger partial charge in [-0.2, -0.15) is 0 Å². The number of halogens is 4. The smallest absolute Gasteiger partial charge is 0.161 e. The SMILES string of the molecule is COc1cc(CNCc2cccnc2)ccc1OCc1c(F)cccc1Cl.Cl.Cl. The lowest BCUT2D eigenvalue weighted by Crippen LogP contribution is -2.13. The maximum absolute atomic E-state index is 13.9. The Hall–Kier alpha value is -2.05. The molecule has 0 fully saturated rings. The molecule has 1 N–H and O–H groups in total. The van der Waals surface area contributed by atoms with Crippen LogP contribution in [0.15, 0.2) is 60.9 Å². The summed E-state index contributed by atoms with van der Waals surface area (Å²) in [6, 6.07) is 14.1. The number of hydrogen-bond donors (Lipinski definition) is 1. The minimum Gasteiger partial charge on any atom is -0.493 e. The number of hydrogen-bond acceptors (Lipinski definition) is 4. The van der Waals surface area contributed by atoms with Gasteiger partial charge in [-0.05, 0) is 41.5 Å². The minimum atomic E-state index is -0.391. The summed E-state index contributed by atoms with van der Waals surface area (Å²) >= 11 is 6.04. The third-order valence-electron chi connectivity index (χ3n) is 4.04. The highest BCUT2D eigenvalue weighted by Gasteiger charge is 2.11. The average molecular weight is 460 g/mol. The van der Waals surface area contributed by atoms with Crippen LogP contribution in [0.4, 0.5) is 4.39 Å². The Morgan fingerprint density at radius 2 is 1.79 bits per heavy atom. The first-order valence-electron chi connectivity index (χ1n) is 8.49. The average Bonchev–Trinajstić information content (AvgIpc) is 2.69. The molecule has 29 heavy (non-hydrogen) atoms. The second kappa shape index (κ2) is 12.5. The summed E-state index contributed by atoms with van der Waals surface area (Å²) < 4.78 is 25.0. The number of ether oxygens (including phenoxy) is 2. The number of nitrogens with zero attached hydrogens (tertiary/aromatic N) is 1. The molecule has 0 aliphatic heterocycles. The van der Waals surface area contributed by atoms with Crippen molar-refractivity contribution in [3.63, 3.8) is 0 Å². The topological polar surface area (TPSA) is 43.4 Å². The van der Waals surface area contributed by atoms with Crippen LogP contribution < -0.4 is 14.8 Å². The minimum absolute atomic E-state index is 0. The molecule has 2 aromatic carbocycles. The lowest BCUT2D eigenvalue weighted by molar-refractivity contribution is 0.279. The molecule has 0 bridgehead atoms. The maximum atomic E-state index is 13.9. The van der Waals surface area contributed by atoms with E-state index in [1.807, 2.05) is 36.5 Å². The van der Waals surface area contributed by atoms with Crippen LogP contribution in [0.5, 0.6) is 11.5 Å². The standard InChI is InChI=1S/C21H20ClFN2O2.2ClH/c1-26-21-10-15(11-25-13-16-4-3-9-24-12-16)7-8-20(21)27-14-17-18(22)5-2-6-19(17)23;;/h2-10,12,25H,11,13-14H2,1H3;2*1H. The predicted molar refractivity (Wildman–Crippen MR) is 118 cm³/mol. The molecule has 3 rings (SSSR count). The highest BCUT2D eigenvalue weighted by molar-refractivity contribution is 6.31. The van der Waals surface area contributed by atoms with E-state index in [4.69, 9.17) is 21.1 Å². The van der Waals surface area contributed by atoms with Gasteiger partial charge in [0.05, 0.1) is 12.1 Å². The molecular formula is C21H22Cl3FN2O2. The highest BCUT2D eigenvalue weighted by atomic mass is 35.5. The van der Waals surface area contributed by atoms with Crippen molar-refractivity contribution in [2.45, 2.75) is 19.7 Å². The monoisotopic (exact) mass is 458 g/mol. The van der Waals surface area contributed by atoms with Crippen molar-refractivity contribution in [1.82, 2.24) is 10.3 Å². The van der Waals surface area contributed by atoms with Crippen molar-refractivity contribution < 1.29 is 13.9 Å². The van der Waals surface area contributed by atoms with E-state index in [0.29, 0.717) is 28.6 Å². The quantitative estimate of drug-likeness (QED) is 0.476. The van der Waals surface area contributed by atoms with E-state index in [-0.39, 0.29) is 31.4 Å². The van der Waals surface area contributed by atoms with Crippen LogP contribution in [0.3, 0.4) is 0 Å². The van der Waals surface area contributed by atoms with Crippen LogP contribution in [0, 0.1) is 5.82 Å². The molecule has 0 radical (unpaired) electrons. The van der Waals surface area contributed by atoms with Crippen molar-refractivity contribution in [3.8, 4) is 11.5 Å². The highest BCUT2D eigenvalue weighted by Crippen LogP contribution is 2.30. The third kappa shape index (κ3) is 7.05. The van der Waals surface area contributed by atoms with Crippen molar-refractivity contribution >= 4 is 36.4 Å². The van der Waals surface area contributed by atoms with Crippen LogP contribution in [-0.2, 0) is 19.7 Å². The summed E-state index contributed by atoms with van der Waals surface area (Å²) in [5, 5.41) is 3.70. The molecule has 156 valence electrons. The summed E-state index contributed by atoms with van der Waals surface area (Å²) in [6.45, 7) is 1.42. The summed E-state index contributed by atoms with van der Waals surface area (Å²) in [6.07, 6.45) is 3.58. The van der Waals surface area contributed by atoms with Gasteiger partial charge in [0.25, 0.3) is 0 Å². The first-order valence-corrected chi connectivity index (χ1v) is 8.87. The summed E-state index contributed by atoms with van der Waals surface area (Å²) in [7, 11) is 1.57. The van der Waals surface area contributed by atoms with Gasteiger partial charge in [0.1, 0.15) is 12.4 Å². The van der Waals surface area contributed by atoms with Crippen LogP contribution in [0.1, 0.15) is 16.7 Å². The molecule has 0 aliphatic rings. The zero-order chi connectivity index (χ0) is 19.1. The van der Waals surface area contributed by atoms with Crippen molar-refractivity contribution in [1.29, 1.82) is 0 Å². The van der Waals surface area contributed by atoms with Gasteiger partial charge in [-0.25, -0.2) is 4.39 Å². The lowest BCUT2D eigenvalue weighted by Gasteiger charge is -2.13. The summed E-state index contributed by atoms with van der Waals surface area (Å²) in [5.74, 6) is 0.730. The Morgan fingerprint density at radius 1 is 1.00 bits per heavy atom. The maximum Gasteiger partial charge on any atom is 0.161 e. The van der Waals surface area contributed by atoms with Gasteiger partial charge in [-0.15, -0.1) is 24.8 Å². The fraction of sp³-hybridized carbons (Fsp3) is 0.190. The van der Waals surface area contributed by atoms with E-state index in [1.54, 1.807) is 25.4 Å². The van der Waals surface area contributed by atoms with Gasteiger partial charge < -0.3 is 14.8 Å². The lowest BCUT2D eigenvalue weighted by atomic mass is 10.2. The molecule has 0 saturated carbocycles. The van der Waals surface area contributed by atoms with Gasteiger partial charge in [-0.3, -0.25) is 4.98 Å². The molecule has 1 aromatic heterocycles. The van der Waals surface area contributed by atoms with Crippen LogP contribution in [0.2, 0.25) is 5.02 Å². The molecule has 0 amide bonds. The van der Waals surface area contributed by atoms with Crippen LogP contribution >= 0.6 is 36.4 Å². The van der Waals surface area contributed by atoms with Crippen LogP contribution in [0.25, 0.3) is 0 Å². The van der Waals surface area contributed by atoms with E-state index in [9.17, 15) is 4.39 Å². The molecule has 0 saturated heterocycles. The van der Waals surface area contributed by atoms with E-state index in [0.717, 1.165) is 17.7 Å². The second-order valence-corrected chi connectivity index (χ2v) is 6.35. The first kappa shape index (κ1) is 25.0. The third-order valence-corrected chi connectivity index (χ3v) is 4.40. The fourth-order valence-electron chi connectivity index (χ4n) is 2.62. The molecule has 0 spiro atoms. The predicted octanol–water partition coefficient (Wildman–Crippen LogP) is 5.60. The Labute approximate surface area is 187 Å². The van der Waals surface area contributed by atoms with Gasteiger partial charge >= 0.3 is 0 Å². The molecule has 3 aromatic rings. The second-order valence-electron chi connectivity index (χ2n) is 5.94. The van der Waals surface area contributed by atoms with E-state index in [2.05, 4.69) is 10.3 Å². The van der Waals surface area contributed by atoms with E-state index < -0.39 is 5.82 Å². The largest absolute Gasteiger partial charge is 0.493 e. The number of pyridine rings is 1. The molecule has 4 nitrogen and oxygen atoms in total. The molecule has 0 aliphatic carbocycles. The number of nitrogens with one attached hydrogen (secondary N) is 1. The molecule has 1 heterocycles. The van der Waals surface area contributed by atoms with Gasteiger partial charge in [-0.1, -0.05) is 29.8 Å². The Kier molecular flexibility index (Phi) is 10.8. The van der Waals surface area contributed by atoms with Gasteiger partial charge in [0.2, 0.25) is 0 Å². The molecule has 0 unspecified atom stereocenters. The first-order chi connectivity index (χ1) is 13.2. The Balaban J connectivity index is 0.00000210. The van der Waals surface area contributed by atoms with Gasteiger partial charge in [0.15, 0.2) is 11.5 Å². The van der Waals surface area contributed by atoms with Crippen LogP contribution in [-0.4, -0.2) is 12.1 Å². The Morgan fingerprint density at radius 3 is 2.48 bits per heavy atom. The summed E-state index contributed by atoms with van der Waals surface area (Å²) in [5.41, 5.74) is 2.49. The molecular weight excluding hydrogens is 438 g/mol.